The molecule has 2 atom stereocenters. The fraction of sp³-hybridized carbons (Fsp3) is 0.143. The highest BCUT2D eigenvalue weighted by Gasteiger charge is 2.33. The summed E-state index contributed by atoms with van der Waals surface area (Å²) >= 11 is 0. The average molecular weight is 334 g/mol. The first-order chi connectivity index (χ1) is 12.1. The molecule has 4 rings (SSSR count). The lowest BCUT2D eigenvalue weighted by atomic mass is 9.76. The van der Waals surface area contributed by atoms with Crippen molar-refractivity contribution < 1.29 is 20.1 Å². The molecule has 0 aromatic heterocycles. The standard InChI is InChI=1S/C21H18O4/c22-15-5-1-13(2-6-15)19-12-25-20-11-17(24)9-10-18(20)21(19)14-3-7-16(23)8-4-14/h1-11,19,21-24H,12H2/t19-,21-/m1/s1. The van der Waals surface area contributed by atoms with Crippen LogP contribution in [0.5, 0.6) is 23.0 Å². The van der Waals surface area contributed by atoms with Gasteiger partial charge in [0.25, 0.3) is 0 Å². The van der Waals surface area contributed by atoms with Crippen LogP contribution in [-0.4, -0.2) is 21.9 Å². The van der Waals surface area contributed by atoms with Crippen LogP contribution in [0.15, 0.2) is 66.7 Å². The Morgan fingerprint density at radius 3 is 1.88 bits per heavy atom. The van der Waals surface area contributed by atoms with Gasteiger partial charge in [0.2, 0.25) is 0 Å². The second kappa shape index (κ2) is 6.06. The number of aromatic hydroxyl groups is 3. The molecular weight excluding hydrogens is 316 g/mol. The average Bonchev–Trinajstić information content (AvgIpc) is 2.62. The van der Waals surface area contributed by atoms with Crippen molar-refractivity contribution in [3.05, 3.63) is 83.4 Å². The van der Waals surface area contributed by atoms with E-state index in [0.29, 0.717) is 12.4 Å². The molecule has 4 nitrogen and oxygen atoms in total. The summed E-state index contributed by atoms with van der Waals surface area (Å²) in [6, 6.07) is 19.5. The topological polar surface area (TPSA) is 69.9 Å². The van der Waals surface area contributed by atoms with Crippen LogP contribution in [0.2, 0.25) is 0 Å². The predicted octanol–water partition coefficient (Wildman–Crippen LogP) is 4.11. The Kier molecular flexibility index (Phi) is 3.73. The van der Waals surface area contributed by atoms with E-state index in [1.165, 1.54) is 0 Å². The van der Waals surface area contributed by atoms with Crippen molar-refractivity contribution in [2.45, 2.75) is 11.8 Å². The van der Waals surface area contributed by atoms with Gasteiger partial charge in [-0.3, -0.25) is 0 Å². The smallest absolute Gasteiger partial charge is 0.126 e. The lowest BCUT2D eigenvalue weighted by Gasteiger charge is -2.34. The van der Waals surface area contributed by atoms with E-state index >= 15 is 0 Å². The largest absolute Gasteiger partial charge is 0.508 e. The zero-order chi connectivity index (χ0) is 17.4. The molecule has 1 aliphatic heterocycles. The van der Waals surface area contributed by atoms with Gasteiger partial charge in [0.05, 0.1) is 6.61 Å². The Bertz CT molecular complexity index is 885. The highest BCUT2D eigenvalue weighted by Crippen LogP contribution is 2.47. The molecule has 0 saturated heterocycles. The van der Waals surface area contributed by atoms with Crippen molar-refractivity contribution in [3.63, 3.8) is 0 Å². The van der Waals surface area contributed by atoms with Gasteiger partial charge < -0.3 is 20.1 Å². The van der Waals surface area contributed by atoms with Gasteiger partial charge in [-0.2, -0.15) is 0 Å². The van der Waals surface area contributed by atoms with E-state index in [4.69, 9.17) is 4.74 Å². The summed E-state index contributed by atoms with van der Waals surface area (Å²) in [5.41, 5.74) is 3.12. The predicted molar refractivity (Wildman–Crippen MR) is 94.4 cm³/mol. The normalized spacial score (nSPS) is 19.0. The third-order valence-electron chi connectivity index (χ3n) is 4.73. The Morgan fingerprint density at radius 2 is 1.24 bits per heavy atom. The number of phenolic OH excluding ortho intramolecular Hbond substituents is 3. The lowest BCUT2D eigenvalue weighted by Crippen LogP contribution is -2.25. The van der Waals surface area contributed by atoms with Gasteiger partial charge in [-0.25, -0.2) is 0 Å². The van der Waals surface area contributed by atoms with Crippen molar-refractivity contribution >= 4 is 0 Å². The van der Waals surface area contributed by atoms with Crippen LogP contribution in [-0.2, 0) is 0 Å². The molecule has 0 radical (unpaired) electrons. The first-order valence-electron chi connectivity index (χ1n) is 8.15. The van der Waals surface area contributed by atoms with Crippen molar-refractivity contribution in [3.8, 4) is 23.0 Å². The Morgan fingerprint density at radius 1 is 0.680 bits per heavy atom. The zero-order valence-corrected chi connectivity index (χ0v) is 13.5. The van der Waals surface area contributed by atoms with E-state index in [9.17, 15) is 15.3 Å². The minimum Gasteiger partial charge on any atom is -0.508 e. The van der Waals surface area contributed by atoms with E-state index in [0.717, 1.165) is 16.7 Å². The van der Waals surface area contributed by atoms with Crippen molar-refractivity contribution in [2.75, 3.05) is 6.61 Å². The van der Waals surface area contributed by atoms with E-state index in [2.05, 4.69) is 0 Å². The summed E-state index contributed by atoms with van der Waals surface area (Å²) in [6.45, 7) is 0.465. The summed E-state index contributed by atoms with van der Waals surface area (Å²) in [4.78, 5) is 0. The first kappa shape index (κ1) is 15.4. The number of ether oxygens (including phenoxy) is 1. The van der Waals surface area contributed by atoms with Gasteiger partial charge in [-0.1, -0.05) is 30.3 Å². The molecule has 25 heavy (non-hydrogen) atoms. The maximum atomic E-state index is 9.75. The summed E-state index contributed by atoms with van der Waals surface area (Å²) < 4.78 is 5.91. The van der Waals surface area contributed by atoms with E-state index < -0.39 is 0 Å². The molecule has 126 valence electrons. The molecule has 4 heteroatoms. The number of hydrogen-bond donors (Lipinski definition) is 3. The molecule has 0 amide bonds. The molecular formula is C21H18O4. The van der Waals surface area contributed by atoms with Crippen LogP contribution in [0, 0.1) is 0 Å². The number of rotatable bonds is 2. The van der Waals surface area contributed by atoms with Gasteiger partial charge in [0.15, 0.2) is 0 Å². The molecule has 0 saturated carbocycles. The van der Waals surface area contributed by atoms with Gasteiger partial charge >= 0.3 is 0 Å². The molecule has 0 bridgehead atoms. The summed E-state index contributed by atoms with van der Waals surface area (Å²) in [5.74, 6) is 1.38. The third-order valence-corrected chi connectivity index (χ3v) is 4.73. The summed E-state index contributed by atoms with van der Waals surface area (Å²) in [6.07, 6.45) is 0. The molecule has 1 heterocycles. The van der Waals surface area contributed by atoms with Crippen LogP contribution in [0.4, 0.5) is 0 Å². The summed E-state index contributed by atoms with van der Waals surface area (Å²) in [7, 11) is 0. The van der Waals surface area contributed by atoms with Gasteiger partial charge in [-0.15, -0.1) is 0 Å². The van der Waals surface area contributed by atoms with Gasteiger partial charge in [-0.05, 0) is 41.5 Å². The monoisotopic (exact) mass is 334 g/mol. The molecule has 0 fully saturated rings. The van der Waals surface area contributed by atoms with Crippen LogP contribution in [0.1, 0.15) is 28.5 Å². The first-order valence-corrected chi connectivity index (χ1v) is 8.15. The van der Waals surface area contributed by atoms with E-state index in [1.807, 2.05) is 30.3 Å². The number of hydrogen-bond acceptors (Lipinski definition) is 4. The van der Waals surface area contributed by atoms with Crippen molar-refractivity contribution in [2.24, 2.45) is 0 Å². The minimum absolute atomic E-state index is 0.0227. The highest BCUT2D eigenvalue weighted by molar-refractivity contribution is 5.51. The van der Waals surface area contributed by atoms with E-state index in [-0.39, 0.29) is 29.1 Å². The fourth-order valence-electron chi connectivity index (χ4n) is 3.50. The minimum atomic E-state index is 0.0227. The Labute approximate surface area is 145 Å². The van der Waals surface area contributed by atoms with Gasteiger partial charge in [0.1, 0.15) is 23.0 Å². The molecule has 0 unspecified atom stereocenters. The quantitative estimate of drug-likeness (QED) is 0.659. The lowest BCUT2D eigenvalue weighted by molar-refractivity contribution is 0.247. The maximum absolute atomic E-state index is 9.75. The molecule has 0 spiro atoms. The van der Waals surface area contributed by atoms with Crippen LogP contribution >= 0.6 is 0 Å². The Balaban J connectivity index is 1.84. The fourth-order valence-corrected chi connectivity index (χ4v) is 3.50. The van der Waals surface area contributed by atoms with Crippen LogP contribution < -0.4 is 4.74 Å². The summed E-state index contributed by atoms with van der Waals surface area (Å²) in [5, 5.41) is 28.9. The molecule has 3 aromatic carbocycles. The Hall–Kier alpha value is -3.14. The van der Waals surface area contributed by atoms with Crippen LogP contribution in [0.3, 0.4) is 0 Å². The maximum Gasteiger partial charge on any atom is 0.126 e. The SMILES string of the molecule is Oc1ccc([C@@H]2c3ccc(O)cc3OC[C@@H]2c2ccc(O)cc2)cc1. The number of benzene rings is 3. The highest BCUT2D eigenvalue weighted by atomic mass is 16.5. The number of phenols is 3. The third kappa shape index (κ3) is 2.87. The number of fused-ring (bicyclic) bond motifs is 1. The molecule has 1 aliphatic rings. The van der Waals surface area contributed by atoms with Gasteiger partial charge in [0, 0.05) is 23.5 Å². The second-order valence-corrected chi connectivity index (χ2v) is 6.30. The van der Waals surface area contributed by atoms with Crippen molar-refractivity contribution in [1.29, 1.82) is 0 Å². The van der Waals surface area contributed by atoms with E-state index in [1.54, 1.807) is 36.4 Å². The van der Waals surface area contributed by atoms with Crippen LogP contribution in [0.25, 0.3) is 0 Å². The molecule has 0 aliphatic carbocycles. The second-order valence-electron chi connectivity index (χ2n) is 6.30. The molecule has 3 N–H and O–H groups in total. The van der Waals surface area contributed by atoms with Crippen molar-refractivity contribution in [1.82, 2.24) is 0 Å². The zero-order valence-electron chi connectivity index (χ0n) is 13.5. The molecule has 3 aromatic rings.